The molecule has 2 aromatic heterocycles. The number of aromatic nitrogens is 2. The number of aromatic amines is 1. The fourth-order valence-electron chi connectivity index (χ4n) is 3.05. The Balaban J connectivity index is 1.69. The highest BCUT2D eigenvalue weighted by molar-refractivity contribution is 6.00. The lowest BCUT2D eigenvalue weighted by Crippen LogP contribution is -2.21. The van der Waals surface area contributed by atoms with Gasteiger partial charge in [-0.25, -0.2) is 9.98 Å². The number of rotatable bonds is 3. The monoisotopic (exact) mass is 370 g/mol. The van der Waals surface area contributed by atoms with Crippen LogP contribution < -0.4 is 11.2 Å². The minimum absolute atomic E-state index is 0.0712. The zero-order valence-electron chi connectivity index (χ0n) is 15.2. The van der Waals surface area contributed by atoms with E-state index in [4.69, 9.17) is 5.73 Å². The van der Waals surface area contributed by atoms with Crippen molar-refractivity contribution < 1.29 is 5.11 Å². The van der Waals surface area contributed by atoms with Gasteiger partial charge in [0.25, 0.3) is 0 Å². The van der Waals surface area contributed by atoms with Gasteiger partial charge in [0.15, 0.2) is 11.2 Å². The molecule has 0 unspecified atom stereocenters. The van der Waals surface area contributed by atoms with Gasteiger partial charge < -0.3 is 15.8 Å². The second-order valence-corrected chi connectivity index (χ2v) is 6.45. The molecule has 28 heavy (non-hydrogen) atoms. The molecule has 0 aliphatic carbocycles. The Morgan fingerprint density at radius 1 is 1.04 bits per heavy atom. The number of nitrogens with two attached hydrogens (primary N) is 1. The molecule has 6 heteroatoms. The summed E-state index contributed by atoms with van der Waals surface area (Å²) in [5.74, 6) is 0.851. The lowest BCUT2D eigenvalue weighted by atomic mass is 10.1. The average molecular weight is 370 g/mol. The van der Waals surface area contributed by atoms with Gasteiger partial charge in [-0.2, -0.15) is 0 Å². The number of hydrogen-bond donors (Lipinski definition) is 3. The summed E-state index contributed by atoms with van der Waals surface area (Å²) in [6.07, 6.45) is 1.69. The summed E-state index contributed by atoms with van der Waals surface area (Å²) in [5, 5.41) is 10.0. The predicted octanol–water partition coefficient (Wildman–Crippen LogP) is 3.64. The van der Waals surface area contributed by atoms with Crippen molar-refractivity contribution in [1.29, 1.82) is 0 Å². The zero-order chi connectivity index (χ0) is 19.7. The molecule has 0 radical (unpaired) electrons. The van der Waals surface area contributed by atoms with Crippen molar-refractivity contribution >= 4 is 22.6 Å². The standard InChI is InChI=1S/C22H18N4O2/c1-13-20(25-18-5-3-2-4-17(18)21(13)28)22(23)26-19-11-8-15(12-24-19)14-6-9-16(27)10-7-14/h2-12,27H,1H3,(H,25,28)(H2,23,24,26). The number of nitrogens with one attached hydrogen (secondary N) is 1. The Morgan fingerprint density at radius 2 is 1.75 bits per heavy atom. The highest BCUT2D eigenvalue weighted by Gasteiger charge is 2.11. The maximum Gasteiger partial charge on any atom is 0.193 e. The minimum atomic E-state index is -0.0712. The van der Waals surface area contributed by atoms with Gasteiger partial charge in [-0.05, 0) is 48.9 Å². The lowest BCUT2D eigenvalue weighted by Gasteiger charge is -2.08. The van der Waals surface area contributed by atoms with Crippen molar-refractivity contribution in [3.05, 3.63) is 88.3 Å². The number of nitrogens with zero attached hydrogens (tertiary/aromatic N) is 2. The van der Waals surface area contributed by atoms with Crippen LogP contribution in [0.5, 0.6) is 5.75 Å². The number of H-pyrrole nitrogens is 1. The number of aromatic hydroxyl groups is 1. The van der Waals surface area contributed by atoms with Crippen LogP contribution in [-0.4, -0.2) is 20.9 Å². The Kier molecular flexibility index (Phi) is 4.37. The molecule has 0 bridgehead atoms. The Labute approximate surface area is 161 Å². The van der Waals surface area contributed by atoms with Gasteiger partial charge in [0.05, 0.1) is 5.69 Å². The second-order valence-electron chi connectivity index (χ2n) is 6.45. The molecule has 0 fully saturated rings. The van der Waals surface area contributed by atoms with E-state index in [-0.39, 0.29) is 17.0 Å². The van der Waals surface area contributed by atoms with Crippen LogP contribution in [0.2, 0.25) is 0 Å². The van der Waals surface area contributed by atoms with Crippen LogP contribution in [0.1, 0.15) is 11.3 Å². The molecule has 0 aliphatic rings. The molecule has 0 amide bonds. The van der Waals surface area contributed by atoms with Gasteiger partial charge in [-0.1, -0.05) is 24.3 Å². The van der Waals surface area contributed by atoms with Crippen molar-refractivity contribution in [2.24, 2.45) is 10.7 Å². The molecule has 0 aliphatic heterocycles. The number of hydrogen-bond acceptors (Lipinski definition) is 4. The number of benzene rings is 2. The quantitative estimate of drug-likeness (QED) is 0.378. The highest BCUT2D eigenvalue weighted by atomic mass is 16.3. The summed E-state index contributed by atoms with van der Waals surface area (Å²) in [7, 11) is 0. The van der Waals surface area contributed by atoms with Crippen LogP contribution in [0.25, 0.3) is 22.0 Å². The molecule has 138 valence electrons. The summed E-state index contributed by atoms with van der Waals surface area (Å²) in [6.45, 7) is 1.73. The third kappa shape index (κ3) is 3.23. The van der Waals surface area contributed by atoms with E-state index in [1.54, 1.807) is 37.4 Å². The van der Waals surface area contributed by atoms with Gasteiger partial charge in [0.1, 0.15) is 11.6 Å². The number of phenolic OH excluding ortho intramolecular Hbond substituents is 1. The molecule has 0 spiro atoms. The first kappa shape index (κ1) is 17.5. The van der Waals surface area contributed by atoms with E-state index in [2.05, 4.69) is 15.0 Å². The molecule has 0 atom stereocenters. The number of fused-ring (bicyclic) bond motifs is 1. The van der Waals surface area contributed by atoms with Gasteiger partial charge in [-0.15, -0.1) is 0 Å². The third-order valence-corrected chi connectivity index (χ3v) is 4.59. The summed E-state index contributed by atoms with van der Waals surface area (Å²) in [4.78, 5) is 24.5. The van der Waals surface area contributed by atoms with E-state index in [9.17, 15) is 9.90 Å². The fraction of sp³-hybridized carbons (Fsp3) is 0.0455. The molecule has 4 aromatic rings. The van der Waals surface area contributed by atoms with Crippen LogP contribution >= 0.6 is 0 Å². The normalized spacial score (nSPS) is 11.7. The van der Waals surface area contributed by atoms with E-state index in [0.717, 1.165) is 11.1 Å². The van der Waals surface area contributed by atoms with E-state index < -0.39 is 0 Å². The Morgan fingerprint density at radius 3 is 2.46 bits per heavy atom. The summed E-state index contributed by atoms with van der Waals surface area (Å²) < 4.78 is 0. The summed E-state index contributed by atoms with van der Waals surface area (Å²) >= 11 is 0. The molecule has 4 N–H and O–H groups in total. The number of para-hydroxylation sites is 1. The van der Waals surface area contributed by atoms with E-state index in [1.165, 1.54) is 0 Å². The number of pyridine rings is 2. The van der Waals surface area contributed by atoms with Gasteiger partial charge in [0, 0.05) is 28.2 Å². The Bertz CT molecular complexity index is 1240. The summed E-state index contributed by atoms with van der Waals surface area (Å²) in [6, 6.07) is 17.8. The number of amidine groups is 1. The van der Waals surface area contributed by atoms with E-state index in [1.807, 2.05) is 36.4 Å². The van der Waals surface area contributed by atoms with Crippen molar-refractivity contribution in [1.82, 2.24) is 9.97 Å². The molecular weight excluding hydrogens is 352 g/mol. The first-order chi connectivity index (χ1) is 13.5. The average Bonchev–Trinajstić information content (AvgIpc) is 2.72. The van der Waals surface area contributed by atoms with Crippen LogP contribution in [-0.2, 0) is 0 Å². The topological polar surface area (TPSA) is 104 Å². The van der Waals surface area contributed by atoms with Crippen molar-refractivity contribution in [3.8, 4) is 16.9 Å². The van der Waals surface area contributed by atoms with Gasteiger partial charge in [0.2, 0.25) is 0 Å². The van der Waals surface area contributed by atoms with E-state index >= 15 is 0 Å². The smallest absolute Gasteiger partial charge is 0.193 e. The Hall–Kier alpha value is -3.93. The van der Waals surface area contributed by atoms with Crippen molar-refractivity contribution in [2.75, 3.05) is 0 Å². The second kappa shape index (κ2) is 7.00. The highest BCUT2D eigenvalue weighted by Crippen LogP contribution is 2.23. The van der Waals surface area contributed by atoms with Crippen LogP contribution in [0.3, 0.4) is 0 Å². The van der Waals surface area contributed by atoms with Crippen LogP contribution in [0.15, 0.2) is 76.6 Å². The maximum atomic E-state index is 12.6. The molecule has 0 saturated carbocycles. The predicted molar refractivity (Wildman–Crippen MR) is 111 cm³/mol. The van der Waals surface area contributed by atoms with Crippen molar-refractivity contribution in [3.63, 3.8) is 0 Å². The van der Waals surface area contributed by atoms with Crippen LogP contribution in [0, 0.1) is 6.92 Å². The minimum Gasteiger partial charge on any atom is -0.508 e. The first-order valence-electron chi connectivity index (χ1n) is 8.74. The molecule has 0 saturated heterocycles. The molecule has 2 heterocycles. The largest absolute Gasteiger partial charge is 0.508 e. The maximum absolute atomic E-state index is 12.6. The zero-order valence-corrected chi connectivity index (χ0v) is 15.2. The molecular formula is C22H18N4O2. The van der Waals surface area contributed by atoms with Gasteiger partial charge in [-0.3, -0.25) is 4.79 Å². The summed E-state index contributed by atoms with van der Waals surface area (Å²) in [5.41, 5.74) is 9.64. The van der Waals surface area contributed by atoms with Gasteiger partial charge >= 0.3 is 0 Å². The molecule has 2 aromatic carbocycles. The number of aliphatic imine (C=N–C) groups is 1. The molecule has 4 rings (SSSR count). The number of phenols is 1. The third-order valence-electron chi connectivity index (χ3n) is 4.59. The van der Waals surface area contributed by atoms with E-state index in [0.29, 0.717) is 28.0 Å². The van der Waals surface area contributed by atoms with Crippen LogP contribution in [0.4, 0.5) is 5.82 Å². The van der Waals surface area contributed by atoms with Crippen molar-refractivity contribution in [2.45, 2.75) is 6.92 Å². The molecule has 6 nitrogen and oxygen atoms in total. The first-order valence-corrected chi connectivity index (χ1v) is 8.74. The lowest BCUT2D eigenvalue weighted by molar-refractivity contribution is 0.475. The SMILES string of the molecule is Cc1c(C(N)=Nc2ccc(-c3ccc(O)cc3)cn2)[nH]c2ccccc2c1=O. The fourth-order valence-corrected chi connectivity index (χ4v) is 3.05.